The van der Waals surface area contributed by atoms with Gasteiger partial charge in [-0.15, -0.1) is 0 Å². The molecule has 0 radical (unpaired) electrons. The van der Waals surface area contributed by atoms with Crippen LogP contribution >= 0.6 is 0 Å². The number of rotatable bonds is 5. The summed E-state index contributed by atoms with van der Waals surface area (Å²) in [4.78, 5) is 0. The third-order valence-electron chi connectivity index (χ3n) is 4.43. The summed E-state index contributed by atoms with van der Waals surface area (Å²) in [5.74, 6) is 0.463. The summed E-state index contributed by atoms with van der Waals surface area (Å²) in [6.07, 6.45) is 6.61. The van der Waals surface area contributed by atoms with Gasteiger partial charge in [-0.3, -0.25) is 0 Å². The van der Waals surface area contributed by atoms with Gasteiger partial charge in [0.25, 0.3) is 10.2 Å². The Morgan fingerprint density at radius 1 is 1.15 bits per heavy atom. The molecule has 118 valence electrons. The van der Waals surface area contributed by atoms with E-state index in [1.165, 1.54) is 0 Å². The lowest BCUT2D eigenvalue weighted by atomic mass is 10.00. The molecular weight excluding hydrogens is 274 g/mol. The maximum absolute atomic E-state index is 12.8. The molecule has 2 saturated heterocycles. The van der Waals surface area contributed by atoms with Crippen LogP contribution in [0.15, 0.2) is 0 Å². The molecular formula is C14H29N3O2S. The molecule has 0 aromatic carbocycles. The molecule has 1 atom stereocenters. The van der Waals surface area contributed by atoms with Crippen LogP contribution in [-0.2, 0) is 10.2 Å². The molecule has 1 unspecified atom stereocenters. The first kappa shape index (κ1) is 16.2. The number of piperidine rings is 1. The SMILES string of the molecule is CCN(CC1CCCNC1)S(=O)(=O)N1CCCCCC1. The highest BCUT2D eigenvalue weighted by Crippen LogP contribution is 2.19. The maximum Gasteiger partial charge on any atom is 0.281 e. The van der Waals surface area contributed by atoms with Crippen LogP contribution < -0.4 is 5.32 Å². The van der Waals surface area contributed by atoms with Gasteiger partial charge in [0.05, 0.1) is 0 Å². The minimum absolute atomic E-state index is 0.463. The van der Waals surface area contributed by atoms with Crippen LogP contribution in [0.3, 0.4) is 0 Å². The molecule has 1 N–H and O–H groups in total. The van der Waals surface area contributed by atoms with Gasteiger partial charge in [0.1, 0.15) is 0 Å². The molecule has 0 aromatic rings. The van der Waals surface area contributed by atoms with E-state index in [1.807, 2.05) is 6.92 Å². The van der Waals surface area contributed by atoms with E-state index in [-0.39, 0.29) is 0 Å². The molecule has 0 saturated carbocycles. The highest BCUT2D eigenvalue weighted by molar-refractivity contribution is 7.86. The Morgan fingerprint density at radius 3 is 2.40 bits per heavy atom. The largest absolute Gasteiger partial charge is 0.316 e. The van der Waals surface area contributed by atoms with E-state index in [1.54, 1.807) is 8.61 Å². The van der Waals surface area contributed by atoms with Crippen molar-refractivity contribution in [2.24, 2.45) is 5.92 Å². The highest BCUT2D eigenvalue weighted by Gasteiger charge is 2.30. The van der Waals surface area contributed by atoms with Gasteiger partial charge in [-0.2, -0.15) is 17.0 Å². The summed E-state index contributed by atoms with van der Waals surface area (Å²) in [6, 6.07) is 0. The van der Waals surface area contributed by atoms with Gasteiger partial charge in [0.15, 0.2) is 0 Å². The fraction of sp³-hybridized carbons (Fsp3) is 1.00. The molecule has 2 heterocycles. The number of nitrogens with zero attached hydrogens (tertiary/aromatic N) is 2. The Labute approximate surface area is 123 Å². The van der Waals surface area contributed by atoms with Crippen LogP contribution in [0.4, 0.5) is 0 Å². The Hall–Kier alpha value is -0.170. The van der Waals surface area contributed by atoms with Crippen molar-refractivity contribution in [3.8, 4) is 0 Å². The van der Waals surface area contributed by atoms with Gasteiger partial charge in [-0.25, -0.2) is 0 Å². The van der Waals surface area contributed by atoms with Crippen LogP contribution in [0.5, 0.6) is 0 Å². The number of nitrogens with one attached hydrogen (secondary N) is 1. The van der Waals surface area contributed by atoms with E-state index < -0.39 is 10.2 Å². The highest BCUT2D eigenvalue weighted by atomic mass is 32.2. The minimum atomic E-state index is -3.26. The first-order chi connectivity index (χ1) is 9.64. The quantitative estimate of drug-likeness (QED) is 0.836. The monoisotopic (exact) mass is 303 g/mol. The van der Waals surface area contributed by atoms with Crippen molar-refractivity contribution in [3.63, 3.8) is 0 Å². The minimum Gasteiger partial charge on any atom is -0.316 e. The molecule has 2 aliphatic rings. The zero-order valence-corrected chi connectivity index (χ0v) is 13.5. The lowest BCUT2D eigenvalue weighted by Gasteiger charge is -2.32. The topological polar surface area (TPSA) is 52.7 Å². The molecule has 0 bridgehead atoms. The Bertz CT molecular complexity index is 372. The van der Waals surface area contributed by atoms with Crippen LogP contribution in [0, 0.1) is 5.92 Å². The Kier molecular flexibility index (Phi) is 6.26. The van der Waals surface area contributed by atoms with E-state index in [0.717, 1.165) is 51.6 Å². The van der Waals surface area contributed by atoms with Gasteiger partial charge in [-0.1, -0.05) is 19.8 Å². The number of hydrogen-bond acceptors (Lipinski definition) is 3. The predicted octanol–water partition coefficient (Wildman–Crippen LogP) is 1.43. The standard InChI is InChI=1S/C14H29N3O2S/c1-2-16(13-14-8-7-9-15-12-14)20(18,19)17-10-5-3-4-6-11-17/h14-15H,2-13H2,1H3. The average Bonchev–Trinajstić information content (AvgIpc) is 2.75. The van der Waals surface area contributed by atoms with Crippen molar-refractivity contribution < 1.29 is 8.42 Å². The zero-order valence-electron chi connectivity index (χ0n) is 12.7. The summed E-state index contributed by atoms with van der Waals surface area (Å²) in [7, 11) is -3.26. The van der Waals surface area contributed by atoms with Crippen molar-refractivity contribution in [1.29, 1.82) is 0 Å². The first-order valence-electron chi connectivity index (χ1n) is 8.10. The van der Waals surface area contributed by atoms with Crippen molar-refractivity contribution in [2.75, 3.05) is 39.3 Å². The third kappa shape index (κ3) is 4.16. The normalized spacial score (nSPS) is 26.6. The van der Waals surface area contributed by atoms with E-state index >= 15 is 0 Å². The molecule has 6 heteroatoms. The third-order valence-corrected chi connectivity index (χ3v) is 6.51. The second-order valence-electron chi connectivity index (χ2n) is 5.98. The van der Waals surface area contributed by atoms with Crippen molar-refractivity contribution in [1.82, 2.24) is 13.9 Å². The summed E-state index contributed by atoms with van der Waals surface area (Å²) >= 11 is 0. The van der Waals surface area contributed by atoms with Gasteiger partial charge in [0, 0.05) is 26.2 Å². The summed E-state index contributed by atoms with van der Waals surface area (Å²) in [5.41, 5.74) is 0. The Morgan fingerprint density at radius 2 is 1.85 bits per heavy atom. The number of hydrogen-bond donors (Lipinski definition) is 1. The molecule has 0 aromatic heterocycles. The molecule has 0 aliphatic carbocycles. The van der Waals surface area contributed by atoms with Crippen molar-refractivity contribution in [2.45, 2.75) is 45.4 Å². The second kappa shape index (κ2) is 7.73. The molecule has 0 spiro atoms. The van der Waals surface area contributed by atoms with E-state index in [9.17, 15) is 8.42 Å². The molecule has 0 amide bonds. The summed E-state index contributed by atoms with van der Waals surface area (Å²) in [5, 5.41) is 3.37. The van der Waals surface area contributed by atoms with Crippen LogP contribution in [0.1, 0.15) is 45.4 Å². The predicted molar refractivity (Wildman–Crippen MR) is 81.8 cm³/mol. The first-order valence-corrected chi connectivity index (χ1v) is 9.50. The Balaban J connectivity index is 1.99. The second-order valence-corrected chi connectivity index (χ2v) is 7.91. The van der Waals surface area contributed by atoms with Gasteiger partial charge in [0.2, 0.25) is 0 Å². The van der Waals surface area contributed by atoms with E-state index in [0.29, 0.717) is 32.1 Å². The maximum atomic E-state index is 12.8. The van der Waals surface area contributed by atoms with Crippen LogP contribution in [0.2, 0.25) is 0 Å². The summed E-state index contributed by atoms with van der Waals surface area (Å²) < 4.78 is 28.9. The molecule has 20 heavy (non-hydrogen) atoms. The molecule has 5 nitrogen and oxygen atoms in total. The van der Waals surface area contributed by atoms with Crippen molar-refractivity contribution in [3.05, 3.63) is 0 Å². The fourth-order valence-electron chi connectivity index (χ4n) is 3.19. The lowest BCUT2D eigenvalue weighted by molar-refractivity contribution is 0.278. The molecule has 2 aliphatic heterocycles. The van der Waals surface area contributed by atoms with Gasteiger partial charge >= 0.3 is 0 Å². The lowest BCUT2D eigenvalue weighted by Crippen LogP contribution is -2.47. The molecule has 2 fully saturated rings. The average molecular weight is 303 g/mol. The van der Waals surface area contributed by atoms with Crippen LogP contribution in [0.25, 0.3) is 0 Å². The van der Waals surface area contributed by atoms with E-state index in [4.69, 9.17) is 0 Å². The van der Waals surface area contributed by atoms with Gasteiger partial charge < -0.3 is 5.32 Å². The van der Waals surface area contributed by atoms with Crippen molar-refractivity contribution >= 4 is 10.2 Å². The van der Waals surface area contributed by atoms with Crippen LogP contribution in [-0.4, -0.2) is 56.3 Å². The fourth-order valence-corrected chi connectivity index (χ4v) is 4.96. The van der Waals surface area contributed by atoms with Gasteiger partial charge in [-0.05, 0) is 44.7 Å². The van der Waals surface area contributed by atoms with E-state index in [2.05, 4.69) is 5.32 Å². The molecule has 2 rings (SSSR count). The zero-order chi connectivity index (χ0) is 14.4. The smallest absolute Gasteiger partial charge is 0.281 e. The summed E-state index contributed by atoms with van der Waals surface area (Å²) in [6.45, 7) is 6.61.